The number of nitrogens with one attached hydrogen (secondary N) is 1. The highest BCUT2D eigenvalue weighted by molar-refractivity contribution is 5.81. The number of benzene rings is 2. The zero-order chi connectivity index (χ0) is 20.6. The molecule has 1 N–H and O–H groups in total. The summed E-state index contributed by atoms with van der Waals surface area (Å²) in [5, 5.41) is 3.02. The van der Waals surface area contributed by atoms with Crippen molar-refractivity contribution in [3.05, 3.63) is 64.7 Å². The Morgan fingerprint density at radius 2 is 1.69 bits per heavy atom. The minimum absolute atomic E-state index is 0.0666. The van der Waals surface area contributed by atoms with Gasteiger partial charge in [0, 0.05) is 13.1 Å². The molecule has 0 aromatic heterocycles. The SMILES string of the molecule is CC[C@@H](Oc1ccc(C)c(C)c1)C(=O)NCc1ccc(CN2CCCCC2)cc1. The van der Waals surface area contributed by atoms with E-state index in [1.165, 1.54) is 49.0 Å². The van der Waals surface area contributed by atoms with Gasteiger partial charge in [-0.1, -0.05) is 43.7 Å². The fraction of sp³-hybridized carbons (Fsp3) is 0.480. The van der Waals surface area contributed by atoms with Gasteiger partial charge in [-0.05, 0) is 80.6 Å². The quantitative estimate of drug-likeness (QED) is 0.702. The third-order valence-electron chi connectivity index (χ3n) is 5.76. The van der Waals surface area contributed by atoms with Crippen molar-refractivity contribution in [3.63, 3.8) is 0 Å². The largest absolute Gasteiger partial charge is 0.481 e. The molecule has 1 heterocycles. The van der Waals surface area contributed by atoms with Gasteiger partial charge in [0.05, 0.1) is 0 Å². The Hall–Kier alpha value is -2.33. The normalized spacial score (nSPS) is 15.7. The molecule has 2 aromatic rings. The van der Waals surface area contributed by atoms with Gasteiger partial charge in [-0.2, -0.15) is 0 Å². The maximum absolute atomic E-state index is 12.6. The van der Waals surface area contributed by atoms with E-state index in [0.717, 1.165) is 17.9 Å². The lowest BCUT2D eigenvalue weighted by Gasteiger charge is -2.26. The second-order valence-corrected chi connectivity index (χ2v) is 8.13. The third-order valence-corrected chi connectivity index (χ3v) is 5.76. The van der Waals surface area contributed by atoms with Crippen molar-refractivity contribution in [2.45, 2.75) is 65.6 Å². The summed E-state index contributed by atoms with van der Waals surface area (Å²) in [5.41, 5.74) is 4.84. The van der Waals surface area contributed by atoms with E-state index in [1.54, 1.807) is 0 Å². The van der Waals surface area contributed by atoms with Crippen LogP contribution in [-0.4, -0.2) is 30.0 Å². The molecule has 29 heavy (non-hydrogen) atoms. The van der Waals surface area contributed by atoms with E-state index in [9.17, 15) is 4.79 Å². The molecule has 156 valence electrons. The van der Waals surface area contributed by atoms with Crippen LogP contribution < -0.4 is 10.1 Å². The van der Waals surface area contributed by atoms with Crippen LogP contribution >= 0.6 is 0 Å². The standard InChI is InChI=1S/C25H34N2O2/c1-4-24(29-23-13-8-19(2)20(3)16-23)25(28)26-17-21-9-11-22(12-10-21)18-27-14-6-5-7-15-27/h8-13,16,24H,4-7,14-15,17-18H2,1-3H3,(H,26,28)/t24-/m1/s1. The molecule has 1 aliphatic rings. The Balaban J connectivity index is 1.49. The van der Waals surface area contributed by atoms with Crippen LogP contribution in [0.5, 0.6) is 5.75 Å². The summed E-state index contributed by atoms with van der Waals surface area (Å²) in [6.45, 7) is 10.1. The molecule has 0 unspecified atom stereocenters. The van der Waals surface area contributed by atoms with Crippen LogP contribution in [0.3, 0.4) is 0 Å². The van der Waals surface area contributed by atoms with Crippen molar-refractivity contribution < 1.29 is 9.53 Å². The van der Waals surface area contributed by atoms with Crippen molar-refractivity contribution in [3.8, 4) is 5.75 Å². The van der Waals surface area contributed by atoms with Crippen LogP contribution in [0.4, 0.5) is 0 Å². The van der Waals surface area contributed by atoms with Crippen LogP contribution in [0.25, 0.3) is 0 Å². The Labute approximate surface area is 175 Å². The highest BCUT2D eigenvalue weighted by Gasteiger charge is 2.18. The molecule has 0 spiro atoms. The van der Waals surface area contributed by atoms with Crippen molar-refractivity contribution in [1.82, 2.24) is 10.2 Å². The molecule has 0 bridgehead atoms. The fourth-order valence-electron chi connectivity index (χ4n) is 3.71. The van der Waals surface area contributed by atoms with Gasteiger partial charge in [-0.25, -0.2) is 0 Å². The first-order chi connectivity index (χ1) is 14.0. The number of rotatable bonds is 8. The Morgan fingerprint density at radius 1 is 1.00 bits per heavy atom. The molecule has 2 aromatic carbocycles. The first-order valence-corrected chi connectivity index (χ1v) is 10.9. The average molecular weight is 395 g/mol. The maximum atomic E-state index is 12.6. The summed E-state index contributed by atoms with van der Waals surface area (Å²) in [5.74, 6) is 0.681. The number of aryl methyl sites for hydroxylation is 2. The minimum Gasteiger partial charge on any atom is -0.481 e. The summed E-state index contributed by atoms with van der Waals surface area (Å²) in [4.78, 5) is 15.1. The topological polar surface area (TPSA) is 41.6 Å². The second-order valence-electron chi connectivity index (χ2n) is 8.13. The number of carbonyl (C=O) groups is 1. The van der Waals surface area contributed by atoms with E-state index in [2.05, 4.69) is 48.3 Å². The summed E-state index contributed by atoms with van der Waals surface area (Å²) < 4.78 is 5.94. The third kappa shape index (κ3) is 6.33. The molecule has 1 aliphatic heterocycles. The van der Waals surface area contributed by atoms with E-state index >= 15 is 0 Å². The van der Waals surface area contributed by atoms with Gasteiger partial charge in [0.2, 0.25) is 0 Å². The molecule has 1 atom stereocenters. The van der Waals surface area contributed by atoms with Gasteiger partial charge in [0.25, 0.3) is 5.91 Å². The van der Waals surface area contributed by atoms with Gasteiger partial charge >= 0.3 is 0 Å². The Kier molecular flexibility index (Phi) is 7.70. The zero-order valence-corrected chi connectivity index (χ0v) is 18.0. The number of nitrogens with zero attached hydrogens (tertiary/aromatic N) is 1. The van der Waals surface area contributed by atoms with Gasteiger partial charge < -0.3 is 10.1 Å². The van der Waals surface area contributed by atoms with Crippen LogP contribution in [0.15, 0.2) is 42.5 Å². The van der Waals surface area contributed by atoms with Gasteiger partial charge in [0.1, 0.15) is 5.75 Å². The monoisotopic (exact) mass is 394 g/mol. The summed E-state index contributed by atoms with van der Waals surface area (Å²) in [6.07, 6.45) is 4.14. The van der Waals surface area contributed by atoms with Crippen LogP contribution in [-0.2, 0) is 17.9 Å². The van der Waals surface area contributed by atoms with E-state index in [4.69, 9.17) is 4.74 Å². The summed E-state index contributed by atoms with van der Waals surface area (Å²) >= 11 is 0. The molecule has 4 nitrogen and oxygen atoms in total. The van der Waals surface area contributed by atoms with Crippen molar-refractivity contribution in [1.29, 1.82) is 0 Å². The summed E-state index contributed by atoms with van der Waals surface area (Å²) in [6, 6.07) is 14.5. The molecule has 3 rings (SSSR count). The smallest absolute Gasteiger partial charge is 0.261 e. The van der Waals surface area contributed by atoms with Crippen LogP contribution in [0, 0.1) is 13.8 Å². The van der Waals surface area contributed by atoms with E-state index in [0.29, 0.717) is 13.0 Å². The van der Waals surface area contributed by atoms with E-state index in [1.807, 2.05) is 25.1 Å². The van der Waals surface area contributed by atoms with Crippen LogP contribution in [0.2, 0.25) is 0 Å². The molecular formula is C25H34N2O2. The van der Waals surface area contributed by atoms with Crippen molar-refractivity contribution >= 4 is 5.91 Å². The fourth-order valence-corrected chi connectivity index (χ4v) is 3.71. The first-order valence-electron chi connectivity index (χ1n) is 10.9. The number of hydrogen-bond donors (Lipinski definition) is 1. The highest BCUT2D eigenvalue weighted by atomic mass is 16.5. The molecular weight excluding hydrogens is 360 g/mol. The minimum atomic E-state index is -0.476. The Bertz CT molecular complexity index is 795. The number of likely N-dealkylation sites (tertiary alicyclic amines) is 1. The number of amides is 1. The van der Waals surface area contributed by atoms with Gasteiger partial charge in [-0.3, -0.25) is 9.69 Å². The predicted molar refractivity (Wildman–Crippen MR) is 118 cm³/mol. The number of piperidine rings is 1. The lowest BCUT2D eigenvalue weighted by molar-refractivity contribution is -0.128. The number of carbonyl (C=O) groups excluding carboxylic acids is 1. The molecule has 1 saturated heterocycles. The summed E-state index contributed by atoms with van der Waals surface area (Å²) in [7, 11) is 0. The molecule has 0 saturated carbocycles. The maximum Gasteiger partial charge on any atom is 0.261 e. The Morgan fingerprint density at radius 3 is 2.34 bits per heavy atom. The highest BCUT2D eigenvalue weighted by Crippen LogP contribution is 2.19. The van der Waals surface area contributed by atoms with Gasteiger partial charge in [0.15, 0.2) is 6.10 Å². The van der Waals surface area contributed by atoms with Crippen molar-refractivity contribution in [2.24, 2.45) is 0 Å². The van der Waals surface area contributed by atoms with Crippen LogP contribution in [0.1, 0.15) is 54.9 Å². The van der Waals surface area contributed by atoms with E-state index in [-0.39, 0.29) is 5.91 Å². The lowest BCUT2D eigenvalue weighted by Crippen LogP contribution is -2.37. The van der Waals surface area contributed by atoms with Gasteiger partial charge in [-0.15, -0.1) is 0 Å². The molecule has 0 radical (unpaired) electrons. The number of ether oxygens (including phenoxy) is 1. The molecule has 0 aliphatic carbocycles. The van der Waals surface area contributed by atoms with E-state index < -0.39 is 6.10 Å². The second kappa shape index (κ2) is 10.4. The molecule has 1 amide bonds. The average Bonchev–Trinajstić information content (AvgIpc) is 2.74. The number of hydrogen-bond acceptors (Lipinski definition) is 3. The zero-order valence-electron chi connectivity index (χ0n) is 18.0. The van der Waals surface area contributed by atoms with Crippen molar-refractivity contribution in [2.75, 3.05) is 13.1 Å². The first kappa shape index (κ1) is 21.4. The lowest BCUT2D eigenvalue weighted by atomic mass is 10.1. The predicted octanol–water partition coefficient (Wildman–Crippen LogP) is 4.76. The molecule has 4 heteroatoms. The molecule has 1 fully saturated rings.